The van der Waals surface area contributed by atoms with Crippen LogP contribution in [0.3, 0.4) is 0 Å². The van der Waals surface area contributed by atoms with Crippen molar-refractivity contribution < 1.29 is 4.79 Å². The summed E-state index contributed by atoms with van der Waals surface area (Å²) in [5.41, 5.74) is 9.48. The summed E-state index contributed by atoms with van der Waals surface area (Å²) >= 11 is 0. The zero-order valence-electron chi connectivity index (χ0n) is 18.3. The van der Waals surface area contributed by atoms with Gasteiger partial charge < -0.3 is 21.3 Å². The third-order valence-electron chi connectivity index (χ3n) is 5.75. The van der Waals surface area contributed by atoms with Crippen LogP contribution in [0.2, 0.25) is 0 Å². The maximum atomic E-state index is 12.2. The van der Waals surface area contributed by atoms with Crippen molar-refractivity contribution in [3.63, 3.8) is 0 Å². The van der Waals surface area contributed by atoms with Crippen LogP contribution in [0.5, 0.6) is 0 Å². The fraction of sp³-hybridized carbons (Fsp3) is 0.455. The number of hydrogen-bond acceptors (Lipinski definition) is 7. The molecule has 1 fully saturated rings. The van der Waals surface area contributed by atoms with Crippen LogP contribution >= 0.6 is 0 Å². The minimum Gasteiger partial charge on any atom is -0.355 e. The Hall–Kier alpha value is -3.20. The van der Waals surface area contributed by atoms with Gasteiger partial charge in [-0.15, -0.1) is 0 Å². The normalized spacial score (nSPS) is 14.9. The molecular weight excluding hydrogens is 392 g/mol. The number of aromatic nitrogens is 4. The summed E-state index contributed by atoms with van der Waals surface area (Å²) in [7, 11) is 1.63. The van der Waals surface area contributed by atoms with E-state index in [1.165, 1.54) is 0 Å². The summed E-state index contributed by atoms with van der Waals surface area (Å²) in [5, 5.41) is 10.6. The molecule has 0 atom stereocenters. The van der Waals surface area contributed by atoms with Gasteiger partial charge in [0.25, 0.3) is 5.91 Å². The van der Waals surface area contributed by atoms with Crippen LogP contribution < -0.4 is 21.3 Å². The van der Waals surface area contributed by atoms with Gasteiger partial charge in [0.2, 0.25) is 11.9 Å². The Morgan fingerprint density at radius 1 is 1.23 bits per heavy atom. The number of amides is 1. The molecule has 1 aromatic carbocycles. The highest BCUT2D eigenvalue weighted by molar-refractivity contribution is 5.95. The third kappa shape index (κ3) is 4.32. The van der Waals surface area contributed by atoms with Crippen LogP contribution in [-0.2, 0) is 6.54 Å². The molecule has 2 aromatic heterocycles. The maximum Gasteiger partial charge on any atom is 0.251 e. The van der Waals surface area contributed by atoms with Gasteiger partial charge in [0.15, 0.2) is 5.65 Å². The SMILES string of the molecule is CNC(=O)c1ccccc1CNc1nc(N2CCC(N)CC2)nc2c(C(C)C)cnn12. The number of nitrogens with one attached hydrogen (secondary N) is 2. The van der Waals surface area contributed by atoms with Gasteiger partial charge in [-0.3, -0.25) is 4.79 Å². The summed E-state index contributed by atoms with van der Waals surface area (Å²) in [6, 6.07) is 7.77. The van der Waals surface area contributed by atoms with E-state index in [0.29, 0.717) is 24.0 Å². The Bertz CT molecular complexity index is 1070. The molecule has 3 aromatic rings. The summed E-state index contributed by atoms with van der Waals surface area (Å²) in [5.74, 6) is 1.46. The summed E-state index contributed by atoms with van der Waals surface area (Å²) < 4.78 is 1.75. The van der Waals surface area contributed by atoms with Crippen molar-refractivity contribution in [3.05, 3.63) is 47.2 Å². The molecule has 4 rings (SSSR count). The lowest BCUT2D eigenvalue weighted by Gasteiger charge is -2.30. The highest BCUT2D eigenvalue weighted by atomic mass is 16.1. The fourth-order valence-corrected chi connectivity index (χ4v) is 3.85. The van der Waals surface area contributed by atoms with Gasteiger partial charge in [-0.05, 0) is 30.4 Å². The molecule has 0 spiro atoms. The van der Waals surface area contributed by atoms with Crippen LogP contribution in [0.25, 0.3) is 5.65 Å². The molecule has 0 saturated carbocycles. The molecule has 9 heteroatoms. The van der Waals surface area contributed by atoms with E-state index in [-0.39, 0.29) is 17.9 Å². The van der Waals surface area contributed by atoms with E-state index in [4.69, 9.17) is 15.7 Å². The van der Waals surface area contributed by atoms with Gasteiger partial charge in [0, 0.05) is 43.9 Å². The fourth-order valence-electron chi connectivity index (χ4n) is 3.85. The minimum atomic E-state index is -0.114. The number of nitrogens with zero attached hydrogens (tertiary/aromatic N) is 5. The van der Waals surface area contributed by atoms with Crippen molar-refractivity contribution >= 4 is 23.5 Å². The molecule has 1 saturated heterocycles. The molecule has 4 N–H and O–H groups in total. The average molecular weight is 423 g/mol. The number of hydrogen-bond donors (Lipinski definition) is 3. The van der Waals surface area contributed by atoms with Crippen molar-refractivity contribution in [1.82, 2.24) is 24.9 Å². The van der Waals surface area contributed by atoms with Gasteiger partial charge in [-0.2, -0.15) is 19.6 Å². The molecule has 0 unspecified atom stereocenters. The summed E-state index contributed by atoms with van der Waals surface area (Å²) in [6.07, 6.45) is 3.70. The van der Waals surface area contributed by atoms with E-state index in [9.17, 15) is 4.79 Å². The van der Waals surface area contributed by atoms with E-state index in [1.54, 1.807) is 11.6 Å². The first kappa shape index (κ1) is 21.0. The second-order valence-electron chi connectivity index (χ2n) is 8.25. The van der Waals surface area contributed by atoms with Crippen molar-refractivity contribution in [2.45, 2.75) is 45.2 Å². The highest BCUT2D eigenvalue weighted by Gasteiger charge is 2.22. The topological polar surface area (TPSA) is 113 Å². The van der Waals surface area contributed by atoms with Gasteiger partial charge in [0.1, 0.15) is 0 Å². The molecule has 1 aliphatic heterocycles. The third-order valence-corrected chi connectivity index (χ3v) is 5.75. The highest BCUT2D eigenvalue weighted by Crippen LogP contribution is 2.25. The standard InChI is InChI=1S/C22H30N8O/c1-14(2)18-13-26-30-19(18)27-22(29-10-8-16(23)9-11-29)28-21(30)25-12-15-6-4-5-7-17(15)20(31)24-3/h4-7,13-14,16H,8-12,23H2,1-3H3,(H,24,31)(H,25,27,28). The molecule has 0 radical (unpaired) electrons. The molecule has 0 aliphatic carbocycles. The van der Waals surface area contributed by atoms with E-state index in [0.717, 1.165) is 42.7 Å². The van der Waals surface area contributed by atoms with Gasteiger partial charge in [-0.1, -0.05) is 32.0 Å². The van der Waals surface area contributed by atoms with Crippen molar-refractivity contribution in [2.75, 3.05) is 30.4 Å². The first-order valence-electron chi connectivity index (χ1n) is 10.8. The predicted molar refractivity (Wildman–Crippen MR) is 121 cm³/mol. The first-order chi connectivity index (χ1) is 15.0. The zero-order valence-corrected chi connectivity index (χ0v) is 18.3. The lowest BCUT2D eigenvalue weighted by Crippen LogP contribution is -2.40. The molecule has 0 bridgehead atoms. The Balaban J connectivity index is 1.69. The number of benzene rings is 1. The number of carbonyl (C=O) groups excluding carboxylic acids is 1. The maximum absolute atomic E-state index is 12.2. The quantitative estimate of drug-likeness (QED) is 0.558. The van der Waals surface area contributed by atoms with E-state index < -0.39 is 0 Å². The number of nitrogens with two attached hydrogens (primary N) is 1. The largest absolute Gasteiger partial charge is 0.355 e. The van der Waals surface area contributed by atoms with Crippen molar-refractivity contribution in [2.24, 2.45) is 5.73 Å². The van der Waals surface area contributed by atoms with Crippen LogP contribution in [0.1, 0.15) is 54.1 Å². The summed E-state index contributed by atoms with van der Waals surface area (Å²) in [4.78, 5) is 24.1. The number of carbonyl (C=O) groups is 1. The molecule has 1 amide bonds. The summed E-state index contributed by atoms with van der Waals surface area (Å²) in [6.45, 7) is 6.37. The Morgan fingerprint density at radius 2 is 1.97 bits per heavy atom. The number of fused-ring (bicyclic) bond motifs is 1. The Morgan fingerprint density at radius 3 is 2.68 bits per heavy atom. The Kier molecular flexibility index (Phi) is 6.03. The molecule has 1 aliphatic rings. The number of rotatable bonds is 6. The monoisotopic (exact) mass is 422 g/mol. The molecular formula is C22H30N8O. The van der Waals surface area contributed by atoms with Crippen LogP contribution in [0.15, 0.2) is 30.5 Å². The molecule has 9 nitrogen and oxygen atoms in total. The molecule has 3 heterocycles. The second kappa shape index (κ2) is 8.89. The minimum absolute atomic E-state index is 0.114. The average Bonchev–Trinajstić information content (AvgIpc) is 3.22. The second-order valence-corrected chi connectivity index (χ2v) is 8.25. The predicted octanol–water partition coefficient (Wildman–Crippen LogP) is 2.15. The van der Waals surface area contributed by atoms with Gasteiger partial charge in [0.05, 0.1) is 6.20 Å². The first-order valence-corrected chi connectivity index (χ1v) is 10.8. The van der Waals surface area contributed by atoms with Crippen molar-refractivity contribution in [1.29, 1.82) is 0 Å². The van der Waals surface area contributed by atoms with E-state index in [2.05, 4.69) is 34.5 Å². The lowest BCUT2D eigenvalue weighted by atomic mass is 10.1. The number of piperidine rings is 1. The van der Waals surface area contributed by atoms with Crippen LogP contribution in [-0.4, -0.2) is 51.7 Å². The van der Waals surface area contributed by atoms with Crippen LogP contribution in [0, 0.1) is 0 Å². The van der Waals surface area contributed by atoms with E-state index in [1.807, 2.05) is 30.5 Å². The van der Waals surface area contributed by atoms with Gasteiger partial charge >= 0.3 is 0 Å². The smallest absolute Gasteiger partial charge is 0.251 e. The molecule has 31 heavy (non-hydrogen) atoms. The van der Waals surface area contributed by atoms with Crippen molar-refractivity contribution in [3.8, 4) is 0 Å². The zero-order chi connectivity index (χ0) is 22.0. The molecule has 164 valence electrons. The van der Waals surface area contributed by atoms with Gasteiger partial charge in [-0.25, -0.2) is 0 Å². The Labute approximate surface area is 182 Å². The lowest BCUT2D eigenvalue weighted by molar-refractivity contribution is 0.0962. The van der Waals surface area contributed by atoms with Crippen LogP contribution in [0.4, 0.5) is 11.9 Å². The van der Waals surface area contributed by atoms with E-state index >= 15 is 0 Å². The number of anilines is 2.